The van der Waals surface area contributed by atoms with E-state index in [2.05, 4.69) is 59.8 Å². The second kappa shape index (κ2) is 19.4. The van der Waals surface area contributed by atoms with Gasteiger partial charge in [-0.05, 0) is 123 Å². The van der Waals surface area contributed by atoms with Gasteiger partial charge in [-0.15, -0.1) is 0 Å². The minimum absolute atomic E-state index is 0.0541. The lowest BCUT2D eigenvalue weighted by Gasteiger charge is -2.58. The van der Waals surface area contributed by atoms with Crippen molar-refractivity contribution in [3.63, 3.8) is 0 Å². The molecule has 0 bridgehead atoms. The molecule has 0 aromatic rings. The van der Waals surface area contributed by atoms with Crippen LogP contribution in [0.5, 0.6) is 0 Å². The molecule has 2 heteroatoms. The van der Waals surface area contributed by atoms with Gasteiger partial charge in [0.1, 0.15) is 6.10 Å². The molecule has 0 radical (unpaired) electrons. The van der Waals surface area contributed by atoms with E-state index in [-0.39, 0.29) is 12.1 Å². The van der Waals surface area contributed by atoms with Crippen molar-refractivity contribution in [2.45, 2.75) is 208 Å². The molecule has 0 amide bonds. The Morgan fingerprint density at radius 2 is 1.49 bits per heavy atom. The molecule has 0 aliphatic heterocycles. The minimum atomic E-state index is 0.0541. The van der Waals surface area contributed by atoms with Crippen molar-refractivity contribution in [2.24, 2.45) is 46.3 Å². The fourth-order valence-corrected chi connectivity index (χ4v) is 11.3. The van der Waals surface area contributed by atoms with Crippen LogP contribution in [0.1, 0.15) is 202 Å². The third-order valence-corrected chi connectivity index (χ3v) is 14.2. The van der Waals surface area contributed by atoms with E-state index in [0.29, 0.717) is 17.3 Å². The number of carbonyl (C=O) groups is 1. The van der Waals surface area contributed by atoms with Gasteiger partial charge in [-0.2, -0.15) is 0 Å². The first-order valence-electron chi connectivity index (χ1n) is 21.2. The summed E-state index contributed by atoms with van der Waals surface area (Å²) >= 11 is 0. The highest BCUT2D eigenvalue weighted by Crippen LogP contribution is 2.67. The Kier molecular flexibility index (Phi) is 16.0. The summed E-state index contributed by atoms with van der Waals surface area (Å²) in [6.45, 7) is 14.9. The summed E-state index contributed by atoms with van der Waals surface area (Å²) in [5, 5.41) is 0. The van der Waals surface area contributed by atoms with Crippen LogP contribution in [0.3, 0.4) is 0 Å². The Morgan fingerprint density at radius 3 is 2.19 bits per heavy atom. The highest BCUT2D eigenvalue weighted by Gasteiger charge is 2.59. The first kappa shape index (κ1) is 38.7. The molecule has 0 unspecified atom stereocenters. The summed E-state index contributed by atoms with van der Waals surface area (Å²) in [6.07, 6.45) is 39.5. The van der Waals surface area contributed by atoms with Gasteiger partial charge in [-0.1, -0.05) is 136 Å². The Bertz CT molecular complexity index is 976. The van der Waals surface area contributed by atoms with Crippen LogP contribution in [0.4, 0.5) is 0 Å². The molecule has 8 atom stereocenters. The predicted octanol–water partition coefficient (Wildman–Crippen LogP) is 14.0. The minimum Gasteiger partial charge on any atom is -0.462 e. The quantitative estimate of drug-likeness (QED) is 0.0702. The molecule has 3 fully saturated rings. The fourth-order valence-electron chi connectivity index (χ4n) is 11.3. The molecule has 47 heavy (non-hydrogen) atoms. The maximum atomic E-state index is 12.8. The predicted molar refractivity (Wildman–Crippen MR) is 202 cm³/mol. The van der Waals surface area contributed by atoms with Crippen LogP contribution < -0.4 is 0 Å². The zero-order chi connectivity index (χ0) is 33.7. The molecule has 0 saturated heterocycles. The highest BCUT2D eigenvalue weighted by molar-refractivity contribution is 5.69. The first-order valence-corrected chi connectivity index (χ1v) is 21.2. The van der Waals surface area contributed by atoms with Gasteiger partial charge in [0, 0.05) is 12.8 Å². The summed E-state index contributed by atoms with van der Waals surface area (Å²) in [6, 6.07) is 0. The second-order valence-electron chi connectivity index (χ2n) is 18.0. The number of fused-ring (bicyclic) bond motifs is 5. The van der Waals surface area contributed by atoms with Gasteiger partial charge in [0.15, 0.2) is 0 Å². The highest BCUT2D eigenvalue weighted by atomic mass is 16.5. The van der Waals surface area contributed by atoms with Crippen molar-refractivity contribution in [1.82, 2.24) is 0 Å². The molecular formula is C45H78O2. The zero-order valence-corrected chi connectivity index (χ0v) is 32.3. The Labute approximate surface area is 293 Å². The van der Waals surface area contributed by atoms with E-state index >= 15 is 0 Å². The van der Waals surface area contributed by atoms with Crippen LogP contribution in [-0.4, -0.2) is 12.1 Å². The van der Waals surface area contributed by atoms with E-state index in [9.17, 15) is 4.79 Å². The van der Waals surface area contributed by atoms with Crippen LogP contribution in [0.25, 0.3) is 0 Å². The van der Waals surface area contributed by atoms with Crippen LogP contribution >= 0.6 is 0 Å². The van der Waals surface area contributed by atoms with Crippen LogP contribution in [0.2, 0.25) is 0 Å². The molecular weight excluding hydrogens is 572 g/mol. The number of carbonyl (C=O) groups excluding carboxylic acids is 1. The van der Waals surface area contributed by atoms with Crippen LogP contribution in [0, 0.1) is 46.3 Å². The van der Waals surface area contributed by atoms with E-state index in [4.69, 9.17) is 4.74 Å². The summed E-state index contributed by atoms with van der Waals surface area (Å²) in [7, 11) is 0. The largest absolute Gasteiger partial charge is 0.462 e. The maximum Gasteiger partial charge on any atom is 0.306 e. The average Bonchev–Trinajstić information content (AvgIpc) is 3.40. The van der Waals surface area contributed by atoms with E-state index < -0.39 is 0 Å². The summed E-state index contributed by atoms with van der Waals surface area (Å²) < 4.78 is 6.12. The van der Waals surface area contributed by atoms with Crippen LogP contribution in [-0.2, 0) is 9.53 Å². The van der Waals surface area contributed by atoms with Gasteiger partial charge < -0.3 is 4.74 Å². The summed E-state index contributed by atoms with van der Waals surface area (Å²) in [5.41, 5.74) is 2.53. The van der Waals surface area contributed by atoms with Crippen molar-refractivity contribution in [1.29, 1.82) is 0 Å². The molecule has 4 aliphatic rings. The monoisotopic (exact) mass is 651 g/mol. The number of esters is 1. The zero-order valence-electron chi connectivity index (χ0n) is 32.3. The molecule has 270 valence electrons. The number of unbranched alkanes of at least 4 members (excludes halogenated alkanes) is 11. The lowest BCUT2D eigenvalue weighted by atomic mass is 9.47. The molecule has 0 spiro atoms. The number of hydrogen-bond donors (Lipinski definition) is 0. The lowest BCUT2D eigenvalue weighted by molar-refractivity contribution is -0.151. The molecule has 0 aromatic carbocycles. The van der Waals surface area contributed by atoms with Gasteiger partial charge in [0.2, 0.25) is 0 Å². The lowest BCUT2D eigenvalue weighted by Crippen LogP contribution is -2.51. The summed E-state index contributed by atoms with van der Waals surface area (Å²) in [5.74, 6) is 5.31. The third kappa shape index (κ3) is 10.7. The normalized spacial score (nSPS) is 32.6. The van der Waals surface area contributed by atoms with E-state index in [1.807, 2.05) is 0 Å². The fraction of sp³-hybridized carbons (Fsp3) is 0.889. The molecule has 4 rings (SSSR count). The standard InChI is InChI=1S/C45H78O2/c1-7-8-9-10-11-12-13-14-15-16-17-18-19-20-21-25-43(46)47-38-30-32-44(5)37(34-38)26-27-39-41-29-28-40(36(4)24-22-23-35(2)3)45(41,6)33-31-42(39)44/h14-15,26,35-36,38-42H,7-13,16-25,27-34H2,1-6H3/b15-14-/t36-,38-,39+,40-,41+,42+,44+,45-/m1/s1. The SMILES string of the molecule is CCCCCCCC/C=C\CCCCCCCC(=O)O[C@@H]1CC[C@@]2(C)C(=CC[C@H]3[C@@H]4CC[C@H]([C@H](C)CCCC(C)C)[C@@]4(C)CC[C@@H]32)C1. The molecule has 4 aliphatic carbocycles. The second-order valence-corrected chi connectivity index (χ2v) is 18.0. The Hall–Kier alpha value is -1.05. The van der Waals surface area contributed by atoms with Gasteiger partial charge in [-0.3, -0.25) is 4.79 Å². The van der Waals surface area contributed by atoms with Crippen molar-refractivity contribution in [2.75, 3.05) is 0 Å². The van der Waals surface area contributed by atoms with Gasteiger partial charge >= 0.3 is 5.97 Å². The third-order valence-electron chi connectivity index (χ3n) is 14.2. The average molecular weight is 651 g/mol. The van der Waals surface area contributed by atoms with Crippen molar-refractivity contribution >= 4 is 5.97 Å². The summed E-state index contributed by atoms with van der Waals surface area (Å²) in [4.78, 5) is 12.8. The molecule has 0 aromatic heterocycles. The van der Waals surface area contributed by atoms with Gasteiger partial charge in [-0.25, -0.2) is 0 Å². The van der Waals surface area contributed by atoms with E-state index in [1.54, 1.807) is 5.57 Å². The Morgan fingerprint density at radius 1 is 0.809 bits per heavy atom. The maximum absolute atomic E-state index is 12.8. The Balaban J connectivity index is 1.12. The van der Waals surface area contributed by atoms with E-state index in [1.165, 1.54) is 128 Å². The number of rotatable bonds is 21. The van der Waals surface area contributed by atoms with Crippen molar-refractivity contribution < 1.29 is 9.53 Å². The van der Waals surface area contributed by atoms with Gasteiger partial charge in [0.05, 0.1) is 0 Å². The molecule has 0 heterocycles. The first-order chi connectivity index (χ1) is 22.7. The van der Waals surface area contributed by atoms with Crippen molar-refractivity contribution in [3.8, 4) is 0 Å². The van der Waals surface area contributed by atoms with Crippen LogP contribution in [0.15, 0.2) is 23.8 Å². The van der Waals surface area contributed by atoms with E-state index in [0.717, 1.165) is 61.2 Å². The number of allylic oxidation sites excluding steroid dienone is 3. The molecule has 0 N–H and O–H groups in total. The van der Waals surface area contributed by atoms with Crippen molar-refractivity contribution in [3.05, 3.63) is 23.8 Å². The van der Waals surface area contributed by atoms with Gasteiger partial charge in [0.25, 0.3) is 0 Å². The smallest absolute Gasteiger partial charge is 0.306 e. The topological polar surface area (TPSA) is 26.3 Å². The number of ether oxygens (including phenoxy) is 1. The molecule has 3 saturated carbocycles. The molecule has 2 nitrogen and oxygen atoms in total. The number of hydrogen-bond acceptors (Lipinski definition) is 2.